The molecule has 3 rings (SSSR count). The lowest BCUT2D eigenvalue weighted by Gasteiger charge is -2.19. The van der Waals surface area contributed by atoms with Crippen LogP contribution in [0.2, 0.25) is 0 Å². The summed E-state index contributed by atoms with van der Waals surface area (Å²) >= 11 is 0. The zero-order valence-electron chi connectivity index (χ0n) is 11.7. The first-order valence-electron chi connectivity index (χ1n) is 7.00. The topological polar surface area (TPSA) is 21.3 Å². The molecule has 0 spiro atoms. The normalized spacial score (nSPS) is 20.2. The average Bonchev–Trinajstić information content (AvgIpc) is 2.76. The summed E-state index contributed by atoms with van der Waals surface area (Å²) in [4.78, 5) is 0. The van der Waals surface area contributed by atoms with Crippen molar-refractivity contribution in [1.82, 2.24) is 0 Å². The summed E-state index contributed by atoms with van der Waals surface area (Å²) in [6, 6.07) is 16.6. The van der Waals surface area contributed by atoms with Crippen molar-refractivity contribution < 1.29 is 4.74 Å². The third kappa shape index (κ3) is 2.42. The highest BCUT2D eigenvalue weighted by Gasteiger charge is 2.30. The van der Waals surface area contributed by atoms with E-state index in [1.807, 2.05) is 24.3 Å². The molecular formula is C18H19NO. The fourth-order valence-corrected chi connectivity index (χ4v) is 2.86. The van der Waals surface area contributed by atoms with E-state index in [2.05, 4.69) is 43.1 Å². The number of hydrogen-bond acceptors (Lipinski definition) is 2. The maximum absolute atomic E-state index is 6.23. The van der Waals surface area contributed by atoms with Crippen LogP contribution in [0, 0.1) is 5.92 Å². The van der Waals surface area contributed by atoms with Gasteiger partial charge in [0.05, 0.1) is 0 Å². The summed E-state index contributed by atoms with van der Waals surface area (Å²) in [6.07, 6.45) is 2.91. The highest BCUT2D eigenvalue weighted by molar-refractivity contribution is 5.50. The Balaban J connectivity index is 1.84. The highest BCUT2D eigenvalue weighted by Crippen LogP contribution is 2.39. The Morgan fingerprint density at radius 2 is 2.05 bits per heavy atom. The van der Waals surface area contributed by atoms with Crippen LogP contribution < -0.4 is 10.1 Å². The van der Waals surface area contributed by atoms with Crippen molar-refractivity contribution in [2.75, 3.05) is 5.32 Å². The van der Waals surface area contributed by atoms with Crippen LogP contribution in [0.15, 0.2) is 61.3 Å². The molecule has 0 radical (unpaired) electrons. The summed E-state index contributed by atoms with van der Waals surface area (Å²) in [6.45, 7) is 5.93. The Bertz CT molecular complexity index is 620. The van der Waals surface area contributed by atoms with Crippen LogP contribution >= 0.6 is 0 Å². The number of rotatable bonds is 4. The van der Waals surface area contributed by atoms with E-state index >= 15 is 0 Å². The molecular weight excluding hydrogens is 246 g/mol. The van der Waals surface area contributed by atoms with E-state index in [1.54, 1.807) is 6.20 Å². The fraction of sp³-hybridized carbons (Fsp3) is 0.222. The van der Waals surface area contributed by atoms with Crippen LogP contribution in [0.25, 0.3) is 0 Å². The van der Waals surface area contributed by atoms with Gasteiger partial charge in [-0.3, -0.25) is 0 Å². The third-order valence-corrected chi connectivity index (χ3v) is 3.79. The van der Waals surface area contributed by atoms with Gasteiger partial charge in [0.2, 0.25) is 0 Å². The van der Waals surface area contributed by atoms with Crippen molar-refractivity contribution in [3.05, 3.63) is 72.4 Å². The molecule has 2 heteroatoms. The zero-order valence-corrected chi connectivity index (χ0v) is 11.7. The van der Waals surface area contributed by atoms with E-state index in [0.717, 1.165) is 17.9 Å². The first-order valence-corrected chi connectivity index (χ1v) is 7.00. The lowest BCUT2D eigenvalue weighted by Crippen LogP contribution is -2.11. The van der Waals surface area contributed by atoms with Crippen molar-refractivity contribution >= 4 is 5.69 Å². The molecule has 2 atom stereocenters. The molecule has 0 fully saturated rings. The van der Waals surface area contributed by atoms with Gasteiger partial charge in [-0.15, -0.1) is 0 Å². The molecule has 0 aliphatic heterocycles. The van der Waals surface area contributed by atoms with Gasteiger partial charge in [0, 0.05) is 17.7 Å². The quantitative estimate of drug-likeness (QED) is 0.875. The highest BCUT2D eigenvalue weighted by atomic mass is 16.5. The molecule has 0 bridgehead atoms. The molecule has 0 saturated carbocycles. The second kappa shape index (κ2) is 5.41. The second-order valence-electron chi connectivity index (χ2n) is 5.29. The number of anilines is 1. The molecule has 0 amide bonds. The van der Waals surface area contributed by atoms with Crippen molar-refractivity contribution in [2.45, 2.75) is 19.4 Å². The second-order valence-corrected chi connectivity index (χ2v) is 5.29. The summed E-state index contributed by atoms with van der Waals surface area (Å²) in [5.74, 6) is 1.40. The van der Waals surface area contributed by atoms with Gasteiger partial charge in [-0.2, -0.15) is 0 Å². The van der Waals surface area contributed by atoms with Crippen LogP contribution in [-0.2, 0) is 6.42 Å². The van der Waals surface area contributed by atoms with Crippen LogP contribution in [0.5, 0.6) is 5.75 Å². The SMILES string of the molecule is C=CNc1cccc(OC2c3ccccc3C[C@H]2C)c1. The van der Waals surface area contributed by atoms with E-state index in [0.29, 0.717) is 5.92 Å². The van der Waals surface area contributed by atoms with Crippen molar-refractivity contribution in [2.24, 2.45) is 5.92 Å². The number of ether oxygens (including phenoxy) is 1. The standard InChI is InChI=1S/C18H19NO/c1-3-19-15-8-6-9-16(12-15)20-18-13(2)11-14-7-4-5-10-17(14)18/h3-10,12-13,18-19H,1,11H2,2H3/t13-,18?/m1/s1. The predicted molar refractivity (Wildman–Crippen MR) is 82.9 cm³/mol. The predicted octanol–water partition coefficient (Wildman–Crippen LogP) is 4.55. The Labute approximate surface area is 120 Å². The lowest BCUT2D eigenvalue weighted by molar-refractivity contribution is 0.159. The largest absolute Gasteiger partial charge is 0.485 e. The first kappa shape index (κ1) is 12.8. The minimum Gasteiger partial charge on any atom is -0.485 e. The number of nitrogens with one attached hydrogen (secondary N) is 1. The molecule has 1 unspecified atom stereocenters. The van der Waals surface area contributed by atoms with Gasteiger partial charge in [0.15, 0.2) is 0 Å². The Morgan fingerprint density at radius 1 is 1.20 bits per heavy atom. The molecule has 1 aliphatic carbocycles. The monoisotopic (exact) mass is 265 g/mol. The molecule has 0 saturated heterocycles. The van der Waals surface area contributed by atoms with Crippen molar-refractivity contribution in [1.29, 1.82) is 0 Å². The zero-order chi connectivity index (χ0) is 13.9. The van der Waals surface area contributed by atoms with Gasteiger partial charge in [-0.25, -0.2) is 0 Å². The van der Waals surface area contributed by atoms with E-state index in [-0.39, 0.29) is 6.10 Å². The maximum Gasteiger partial charge on any atom is 0.127 e. The summed E-state index contributed by atoms with van der Waals surface area (Å²) in [7, 11) is 0. The molecule has 1 N–H and O–H groups in total. The van der Waals surface area contributed by atoms with Gasteiger partial charge in [0.25, 0.3) is 0 Å². The molecule has 20 heavy (non-hydrogen) atoms. The van der Waals surface area contributed by atoms with Gasteiger partial charge < -0.3 is 10.1 Å². The summed E-state index contributed by atoms with van der Waals surface area (Å²) in [5, 5.41) is 3.09. The van der Waals surface area contributed by atoms with Gasteiger partial charge in [-0.05, 0) is 35.9 Å². The Kier molecular flexibility index (Phi) is 3.46. The maximum atomic E-state index is 6.23. The summed E-state index contributed by atoms with van der Waals surface area (Å²) < 4.78 is 6.23. The molecule has 1 aliphatic rings. The fourth-order valence-electron chi connectivity index (χ4n) is 2.86. The summed E-state index contributed by atoms with van der Waals surface area (Å²) in [5.41, 5.74) is 3.73. The average molecular weight is 265 g/mol. The minimum atomic E-state index is 0.144. The molecule has 2 aromatic rings. The molecule has 102 valence electrons. The number of benzene rings is 2. The van der Waals surface area contributed by atoms with Crippen LogP contribution in [0.1, 0.15) is 24.2 Å². The van der Waals surface area contributed by atoms with E-state index in [4.69, 9.17) is 4.74 Å². The Morgan fingerprint density at radius 3 is 2.90 bits per heavy atom. The van der Waals surface area contributed by atoms with Gasteiger partial charge in [0.1, 0.15) is 11.9 Å². The minimum absolute atomic E-state index is 0.144. The van der Waals surface area contributed by atoms with Crippen LogP contribution in [0.3, 0.4) is 0 Å². The third-order valence-electron chi connectivity index (χ3n) is 3.79. The first-order chi connectivity index (χ1) is 9.78. The van der Waals surface area contributed by atoms with Crippen LogP contribution in [0.4, 0.5) is 5.69 Å². The van der Waals surface area contributed by atoms with E-state index < -0.39 is 0 Å². The Hall–Kier alpha value is -2.22. The molecule has 2 nitrogen and oxygen atoms in total. The van der Waals surface area contributed by atoms with Crippen molar-refractivity contribution in [3.8, 4) is 5.75 Å². The molecule has 0 aromatic heterocycles. The van der Waals surface area contributed by atoms with Gasteiger partial charge >= 0.3 is 0 Å². The number of fused-ring (bicyclic) bond motifs is 1. The van der Waals surface area contributed by atoms with E-state index in [1.165, 1.54) is 11.1 Å². The molecule has 2 aromatic carbocycles. The lowest BCUT2D eigenvalue weighted by atomic mass is 10.1. The molecule has 0 heterocycles. The smallest absolute Gasteiger partial charge is 0.127 e. The van der Waals surface area contributed by atoms with Gasteiger partial charge in [-0.1, -0.05) is 43.8 Å². The van der Waals surface area contributed by atoms with Crippen LogP contribution in [-0.4, -0.2) is 0 Å². The van der Waals surface area contributed by atoms with E-state index in [9.17, 15) is 0 Å². The van der Waals surface area contributed by atoms with Crippen molar-refractivity contribution in [3.63, 3.8) is 0 Å². The number of hydrogen-bond donors (Lipinski definition) is 1.